The van der Waals surface area contributed by atoms with Crippen LogP contribution >= 0.6 is 0 Å². The quantitative estimate of drug-likeness (QED) is 0.889. The fourth-order valence-corrected chi connectivity index (χ4v) is 2.10. The highest BCUT2D eigenvalue weighted by Gasteiger charge is 2.18. The van der Waals surface area contributed by atoms with Gasteiger partial charge in [-0.3, -0.25) is 0 Å². The van der Waals surface area contributed by atoms with Crippen LogP contribution in [0.25, 0.3) is 11.5 Å². The molecular formula is C11H10N2O5S. The number of carboxylic acid groups (broad SMARTS) is 1. The molecule has 100 valence electrons. The van der Waals surface area contributed by atoms with Gasteiger partial charge >= 0.3 is 5.97 Å². The summed E-state index contributed by atoms with van der Waals surface area (Å²) < 4.78 is 27.1. The normalized spacial score (nSPS) is 11.4. The van der Waals surface area contributed by atoms with Crippen molar-refractivity contribution in [1.29, 1.82) is 0 Å². The van der Waals surface area contributed by atoms with E-state index < -0.39 is 15.8 Å². The lowest BCUT2D eigenvalue weighted by Crippen LogP contribution is -2.02. The average molecular weight is 282 g/mol. The summed E-state index contributed by atoms with van der Waals surface area (Å²) in [5.74, 6) is -1.50. The Morgan fingerprint density at radius 3 is 2.68 bits per heavy atom. The van der Waals surface area contributed by atoms with Crippen molar-refractivity contribution >= 4 is 15.8 Å². The van der Waals surface area contributed by atoms with E-state index in [1.54, 1.807) is 12.1 Å². The molecule has 7 nitrogen and oxygen atoms in total. The predicted octanol–water partition coefficient (Wildman–Crippen LogP) is 0.979. The molecule has 0 atom stereocenters. The van der Waals surface area contributed by atoms with Crippen molar-refractivity contribution in [3.8, 4) is 11.5 Å². The minimum atomic E-state index is -3.27. The Kier molecular flexibility index (Phi) is 3.34. The molecule has 0 bridgehead atoms. The molecule has 0 amide bonds. The summed E-state index contributed by atoms with van der Waals surface area (Å²) in [6.07, 6.45) is 1.05. The van der Waals surface area contributed by atoms with Gasteiger partial charge in [0.2, 0.25) is 0 Å². The minimum Gasteiger partial charge on any atom is -0.478 e. The molecule has 8 heteroatoms. The molecule has 0 aliphatic heterocycles. The van der Waals surface area contributed by atoms with Crippen LogP contribution in [-0.2, 0) is 15.6 Å². The fraction of sp³-hybridized carbons (Fsp3) is 0.182. The molecular weight excluding hydrogens is 272 g/mol. The van der Waals surface area contributed by atoms with Gasteiger partial charge in [-0.1, -0.05) is 17.3 Å². The van der Waals surface area contributed by atoms with Crippen molar-refractivity contribution in [3.05, 3.63) is 35.7 Å². The van der Waals surface area contributed by atoms with Crippen molar-refractivity contribution < 1.29 is 22.8 Å². The van der Waals surface area contributed by atoms with Gasteiger partial charge in [-0.15, -0.1) is 0 Å². The lowest BCUT2D eigenvalue weighted by molar-refractivity contribution is 0.0697. The lowest BCUT2D eigenvalue weighted by Gasteiger charge is -1.99. The van der Waals surface area contributed by atoms with Crippen molar-refractivity contribution in [2.75, 3.05) is 6.26 Å². The van der Waals surface area contributed by atoms with Crippen LogP contribution in [0.15, 0.2) is 28.8 Å². The third kappa shape index (κ3) is 3.16. The number of nitrogens with zero attached hydrogens (tertiary/aromatic N) is 2. The van der Waals surface area contributed by atoms with Gasteiger partial charge < -0.3 is 9.63 Å². The monoisotopic (exact) mass is 282 g/mol. The second kappa shape index (κ2) is 4.81. The second-order valence-electron chi connectivity index (χ2n) is 3.94. The summed E-state index contributed by atoms with van der Waals surface area (Å²) in [7, 11) is -3.27. The zero-order chi connectivity index (χ0) is 14.0. The van der Waals surface area contributed by atoms with E-state index >= 15 is 0 Å². The fourth-order valence-electron chi connectivity index (χ4n) is 1.51. The maximum absolute atomic E-state index is 11.1. The highest BCUT2D eigenvalue weighted by molar-refractivity contribution is 7.89. The average Bonchev–Trinajstić information content (AvgIpc) is 2.75. The summed E-state index contributed by atoms with van der Waals surface area (Å²) in [6.45, 7) is 0. The summed E-state index contributed by atoms with van der Waals surface area (Å²) in [6, 6.07) is 6.11. The maximum atomic E-state index is 11.1. The van der Waals surface area contributed by atoms with Crippen LogP contribution in [0.5, 0.6) is 0 Å². The number of carbonyl (C=O) groups is 1. The van der Waals surface area contributed by atoms with Gasteiger partial charge in [0.15, 0.2) is 15.7 Å². The Hall–Kier alpha value is -2.22. The Morgan fingerprint density at radius 1 is 1.37 bits per heavy atom. The molecule has 1 aromatic heterocycles. The first kappa shape index (κ1) is 13.2. The molecule has 1 N–H and O–H groups in total. The molecule has 2 rings (SSSR count). The van der Waals surface area contributed by atoms with E-state index in [4.69, 9.17) is 9.63 Å². The number of aromatic carboxylic acids is 1. The molecule has 0 aliphatic carbocycles. The van der Waals surface area contributed by atoms with Crippen LogP contribution in [0.1, 0.15) is 16.2 Å². The first-order valence-corrected chi connectivity index (χ1v) is 7.26. The molecule has 1 aromatic carbocycles. The smallest absolute Gasteiger partial charge is 0.336 e. The van der Waals surface area contributed by atoms with Crippen LogP contribution in [-0.4, -0.2) is 35.9 Å². The van der Waals surface area contributed by atoms with Crippen LogP contribution in [0, 0.1) is 0 Å². The van der Waals surface area contributed by atoms with E-state index in [0.717, 1.165) is 6.26 Å². The number of sulfone groups is 1. The van der Waals surface area contributed by atoms with E-state index in [0.29, 0.717) is 0 Å². The van der Waals surface area contributed by atoms with Crippen LogP contribution < -0.4 is 0 Å². The first-order valence-electron chi connectivity index (χ1n) is 5.20. The molecule has 0 fully saturated rings. The van der Waals surface area contributed by atoms with E-state index in [-0.39, 0.29) is 28.6 Å². The molecule has 2 aromatic rings. The summed E-state index contributed by atoms with van der Waals surface area (Å²) in [5, 5.41) is 12.6. The largest absolute Gasteiger partial charge is 0.478 e. The lowest BCUT2D eigenvalue weighted by atomic mass is 10.1. The molecule has 0 saturated carbocycles. The van der Waals surface area contributed by atoms with Crippen LogP contribution in [0.4, 0.5) is 0 Å². The van der Waals surface area contributed by atoms with Crippen molar-refractivity contribution in [2.24, 2.45) is 0 Å². The zero-order valence-electron chi connectivity index (χ0n) is 9.90. The van der Waals surface area contributed by atoms with Crippen LogP contribution in [0.3, 0.4) is 0 Å². The zero-order valence-corrected chi connectivity index (χ0v) is 10.7. The number of aromatic nitrogens is 2. The first-order chi connectivity index (χ1) is 8.87. The van der Waals surface area contributed by atoms with Gasteiger partial charge in [0, 0.05) is 6.26 Å². The molecule has 0 saturated heterocycles. The van der Waals surface area contributed by atoms with Gasteiger partial charge in [-0.2, -0.15) is 4.98 Å². The summed E-state index contributed by atoms with van der Waals surface area (Å²) in [4.78, 5) is 14.9. The van der Waals surface area contributed by atoms with E-state index in [9.17, 15) is 13.2 Å². The van der Waals surface area contributed by atoms with Gasteiger partial charge in [-0.25, -0.2) is 13.2 Å². The molecule has 0 aliphatic rings. The highest BCUT2D eigenvalue weighted by atomic mass is 32.2. The van der Waals surface area contributed by atoms with Gasteiger partial charge in [0.1, 0.15) is 5.75 Å². The number of hydrogen-bond acceptors (Lipinski definition) is 6. The highest BCUT2D eigenvalue weighted by Crippen LogP contribution is 2.22. The summed E-state index contributed by atoms with van der Waals surface area (Å²) >= 11 is 0. The number of hydrogen-bond donors (Lipinski definition) is 1. The van der Waals surface area contributed by atoms with E-state index in [1.807, 2.05) is 0 Å². The van der Waals surface area contributed by atoms with Crippen molar-refractivity contribution in [1.82, 2.24) is 10.1 Å². The maximum Gasteiger partial charge on any atom is 0.336 e. The third-order valence-corrected chi connectivity index (χ3v) is 3.03. The Labute approximate surface area is 108 Å². The molecule has 1 heterocycles. The molecule has 19 heavy (non-hydrogen) atoms. The molecule has 0 radical (unpaired) electrons. The van der Waals surface area contributed by atoms with Gasteiger partial charge in [-0.05, 0) is 12.1 Å². The minimum absolute atomic E-state index is 0.00214. The second-order valence-corrected chi connectivity index (χ2v) is 6.08. The van der Waals surface area contributed by atoms with Gasteiger partial charge in [0.25, 0.3) is 5.89 Å². The SMILES string of the molecule is CS(=O)(=O)Cc1noc(-c2ccccc2C(=O)O)n1. The van der Waals surface area contributed by atoms with E-state index in [1.165, 1.54) is 12.1 Å². The van der Waals surface area contributed by atoms with E-state index in [2.05, 4.69) is 10.1 Å². The Bertz CT molecular complexity index is 720. The summed E-state index contributed by atoms with van der Waals surface area (Å²) in [5.41, 5.74) is 0.263. The predicted molar refractivity (Wildman–Crippen MR) is 65.2 cm³/mol. The van der Waals surface area contributed by atoms with Gasteiger partial charge in [0.05, 0.1) is 11.1 Å². The number of benzene rings is 1. The third-order valence-electron chi connectivity index (χ3n) is 2.25. The topological polar surface area (TPSA) is 110 Å². The standard InChI is InChI=1S/C11H10N2O5S/c1-19(16,17)6-9-12-10(18-13-9)7-4-2-3-5-8(7)11(14)15/h2-5H,6H2,1H3,(H,14,15). The molecule has 0 unspecified atom stereocenters. The van der Waals surface area contributed by atoms with Crippen molar-refractivity contribution in [2.45, 2.75) is 5.75 Å². The number of rotatable bonds is 4. The Balaban J connectivity index is 2.41. The molecule has 0 spiro atoms. The Morgan fingerprint density at radius 2 is 2.05 bits per heavy atom. The van der Waals surface area contributed by atoms with Crippen LogP contribution in [0.2, 0.25) is 0 Å². The number of carboxylic acids is 1. The van der Waals surface area contributed by atoms with Crippen molar-refractivity contribution in [3.63, 3.8) is 0 Å².